The zero-order valence-electron chi connectivity index (χ0n) is 9.46. The van der Waals surface area contributed by atoms with Crippen molar-refractivity contribution in [3.05, 3.63) is 34.3 Å². The molecule has 0 bridgehead atoms. The maximum Gasteiger partial charge on any atom is 0.0379 e. The van der Waals surface area contributed by atoms with Crippen molar-refractivity contribution in [2.75, 3.05) is 0 Å². The molecule has 0 radical (unpaired) electrons. The molecule has 0 heterocycles. The summed E-state index contributed by atoms with van der Waals surface area (Å²) in [6.45, 7) is 0. The molecule has 0 N–H and O–H groups in total. The zero-order chi connectivity index (χ0) is 11.4. The Balaban J connectivity index is 1.81. The van der Waals surface area contributed by atoms with Gasteiger partial charge in [0.1, 0.15) is 0 Å². The summed E-state index contributed by atoms with van der Waals surface area (Å²) < 4.78 is 1.14. The van der Waals surface area contributed by atoms with Crippen LogP contribution in [0, 0.1) is 5.92 Å². The van der Waals surface area contributed by atoms with Gasteiger partial charge in [-0.1, -0.05) is 53.7 Å². The second-order valence-electron chi connectivity index (χ2n) is 4.81. The van der Waals surface area contributed by atoms with Gasteiger partial charge in [-0.05, 0) is 36.5 Å². The molecule has 0 nitrogen and oxygen atoms in total. The van der Waals surface area contributed by atoms with Crippen molar-refractivity contribution in [3.63, 3.8) is 0 Å². The Kier molecular flexibility index (Phi) is 4.72. The fraction of sp³-hybridized carbons (Fsp3) is 0.571. The van der Waals surface area contributed by atoms with Gasteiger partial charge in [-0.2, -0.15) is 0 Å². The number of alkyl halides is 1. The molecular formula is C14H18BrCl. The third kappa shape index (κ3) is 3.78. The second-order valence-corrected chi connectivity index (χ2v) is 6.35. The molecule has 1 atom stereocenters. The van der Waals surface area contributed by atoms with Crippen LogP contribution in [0.3, 0.4) is 0 Å². The lowest BCUT2D eigenvalue weighted by Crippen LogP contribution is -2.08. The van der Waals surface area contributed by atoms with Gasteiger partial charge in [0, 0.05) is 9.85 Å². The summed E-state index contributed by atoms with van der Waals surface area (Å²) >= 11 is 9.87. The Bertz CT molecular complexity index is 314. The van der Waals surface area contributed by atoms with Gasteiger partial charge in [0.15, 0.2) is 0 Å². The van der Waals surface area contributed by atoms with E-state index in [2.05, 4.69) is 40.2 Å². The van der Waals surface area contributed by atoms with E-state index in [0.717, 1.165) is 16.8 Å². The van der Waals surface area contributed by atoms with Crippen LogP contribution in [0.2, 0.25) is 0 Å². The van der Waals surface area contributed by atoms with Crippen LogP contribution in [0.1, 0.15) is 37.7 Å². The Hall–Kier alpha value is -0.0100. The van der Waals surface area contributed by atoms with Gasteiger partial charge in [-0.3, -0.25) is 0 Å². The van der Waals surface area contributed by atoms with Gasteiger partial charge in [0.2, 0.25) is 0 Å². The van der Waals surface area contributed by atoms with E-state index < -0.39 is 0 Å². The summed E-state index contributed by atoms with van der Waals surface area (Å²) in [5.41, 5.74) is 1.35. The summed E-state index contributed by atoms with van der Waals surface area (Å²) in [5.74, 6) is 0.887. The average molecular weight is 302 g/mol. The molecule has 0 saturated heterocycles. The molecule has 1 aromatic rings. The van der Waals surface area contributed by atoms with Crippen molar-refractivity contribution in [2.24, 2.45) is 5.92 Å². The lowest BCUT2D eigenvalue weighted by molar-refractivity contribution is 0.488. The van der Waals surface area contributed by atoms with Gasteiger partial charge in [0.25, 0.3) is 0 Å². The first-order valence-electron chi connectivity index (χ1n) is 6.12. The molecule has 2 heteroatoms. The number of hydrogen-bond acceptors (Lipinski definition) is 0. The zero-order valence-corrected chi connectivity index (χ0v) is 11.8. The molecule has 16 heavy (non-hydrogen) atoms. The minimum atomic E-state index is 0.310. The summed E-state index contributed by atoms with van der Waals surface area (Å²) in [5, 5.41) is 0.310. The summed E-state index contributed by atoms with van der Waals surface area (Å²) in [6.07, 6.45) is 7.80. The van der Waals surface area contributed by atoms with Crippen LogP contribution in [0.4, 0.5) is 0 Å². The number of halogens is 2. The molecule has 1 saturated carbocycles. The minimum absolute atomic E-state index is 0.310. The maximum absolute atomic E-state index is 6.42. The first-order chi connectivity index (χ1) is 7.74. The molecular weight excluding hydrogens is 284 g/mol. The van der Waals surface area contributed by atoms with Crippen molar-refractivity contribution < 1.29 is 0 Å². The largest absolute Gasteiger partial charge is 0.123 e. The van der Waals surface area contributed by atoms with E-state index in [1.807, 2.05) is 0 Å². The van der Waals surface area contributed by atoms with Crippen LogP contribution < -0.4 is 0 Å². The van der Waals surface area contributed by atoms with E-state index >= 15 is 0 Å². The molecule has 1 aliphatic rings. The standard InChI is InChI=1S/C14H18BrCl/c15-13-7-5-12(6-8-13)10-14(16)9-11-3-1-2-4-11/h5-8,11,14H,1-4,9-10H2. The lowest BCUT2D eigenvalue weighted by Gasteiger charge is -2.14. The van der Waals surface area contributed by atoms with E-state index in [4.69, 9.17) is 11.6 Å². The molecule has 1 unspecified atom stereocenters. The van der Waals surface area contributed by atoms with E-state index in [-0.39, 0.29) is 0 Å². The Morgan fingerprint density at radius 3 is 2.44 bits per heavy atom. The first kappa shape index (κ1) is 12.4. The van der Waals surface area contributed by atoms with Crippen molar-refractivity contribution in [2.45, 2.75) is 43.9 Å². The van der Waals surface area contributed by atoms with Gasteiger partial charge >= 0.3 is 0 Å². The minimum Gasteiger partial charge on any atom is -0.123 e. The van der Waals surface area contributed by atoms with Gasteiger partial charge < -0.3 is 0 Å². The molecule has 0 spiro atoms. The van der Waals surface area contributed by atoms with E-state index in [9.17, 15) is 0 Å². The first-order valence-corrected chi connectivity index (χ1v) is 7.35. The normalized spacial score (nSPS) is 18.9. The molecule has 0 amide bonds. The SMILES string of the molecule is ClC(Cc1ccc(Br)cc1)CC1CCCC1. The summed E-state index contributed by atoms with van der Waals surface area (Å²) in [6, 6.07) is 8.51. The highest BCUT2D eigenvalue weighted by molar-refractivity contribution is 9.10. The fourth-order valence-corrected chi connectivity index (χ4v) is 3.26. The second kappa shape index (κ2) is 6.07. The monoisotopic (exact) mass is 300 g/mol. The molecule has 0 aromatic heterocycles. The van der Waals surface area contributed by atoms with Crippen LogP contribution in [0.15, 0.2) is 28.7 Å². The van der Waals surface area contributed by atoms with Gasteiger partial charge in [0.05, 0.1) is 0 Å². The summed E-state index contributed by atoms with van der Waals surface area (Å²) in [7, 11) is 0. The third-order valence-electron chi connectivity index (χ3n) is 3.43. The molecule has 1 aliphatic carbocycles. The van der Waals surface area contributed by atoms with Crippen LogP contribution in [0.5, 0.6) is 0 Å². The van der Waals surface area contributed by atoms with Crippen molar-refractivity contribution in [1.82, 2.24) is 0 Å². The van der Waals surface area contributed by atoms with Crippen LogP contribution in [0.25, 0.3) is 0 Å². The Labute approximate surface area is 112 Å². The van der Waals surface area contributed by atoms with E-state index in [0.29, 0.717) is 5.38 Å². The smallest absolute Gasteiger partial charge is 0.0379 e. The molecule has 1 fully saturated rings. The van der Waals surface area contributed by atoms with Crippen molar-refractivity contribution in [3.8, 4) is 0 Å². The van der Waals surface area contributed by atoms with Crippen LogP contribution >= 0.6 is 27.5 Å². The maximum atomic E-state index is 6.42. The third-order valence-corrected chi connectivity index (χ3v) is 4.30. The molecule has 1 aromatic carbocycles. The topological polar surface area (TPSA) is 0 Å². The fourth-order valence-electron chi connectivity index (χ4n) is 2.57. The molecule has 0 aliphatic heterocycles. The Morgan fingerprint density at radius 1 is 1.19 bits per heavy atom. The highest BCUT2D eigenvalue weighted by Crippen LogP contribution is 2.30. The van der Waals surface area contributed by atoms with Crippen LogP contribution in [-0.4, -0.2) is 5.38 Å². The average Bonchev–Trinajstić information content (AvgIpc) is 2.74. The Morgan fingerprint density at radius 2 is 1.81 bits per heavy atom. The molecule has 2 rings (SSSR count). The number of benzene rings is 1. The van der Waals surface area contributed by atoms with Crippen molar-refractivity contribution >= 4 is 27.5 Å². The highest BCUT2D eigenvalue weighted by atomic mass is 79.9. The quantitative estimate of drug-likeness (QED) is 0.672. The van der Waals surface area contributed by atoms with Gasteiger partial charge in [-0.15, -0.1) is 11.6 Å². The summed E-state index contributed by atoms with van der Waals surface area (Å²) in [4.78, 5) is 0. The van der Waals surface area contributed by atoms with E-state index in [1.54, 1.807) is 0 Å². The highest BCUT2D eigenvalue weighted by Gasteiger charge is 2.18. The molecule has 88 valence electrons. The number of hydrogen-bond donors (Lipinski definition) is 0. The predicted octanol–water partition coefficient (Wildman–Crippen LogP) is 5.18. The van der Waals surface area contributed by atoms with E-state index in [1.165, 1.54) is 37.7 Å². The van der Waals surface area contributed by atoms with Gasteiger partial charge in [-0.25, -0.2) is 0 Å². The van der Waals surface area contributed by atoms with Crippen LogP contribution in [-0.2, 0) is 6.42 Å². The lowest BCUT2D eigenvalue weighted by atomic mass is 9.98. The number of rotatable bonds is 4. The predicted molar refractivity (Wildman–Crippen MR) is 74.1 cm³/mol. The van der Waals surface area contributed by atoms with Crippen molar-refractivity contribution in [1.29, 1.82) is 0 Å².